The Balaban J connectivity index is 1.53. The summed E-state index contributed by atoms with van der Waals surface area (Å²) < 4.78 is 0. The average Bonchev–Trinajstić information content (AvgIpc) is 3.39. The quantitative estimate of drug-likeness (QED) is 0.248. The topological polar surface area (TPSA) is 78.0 Å². The summed E-state index contributed by atoms with van der Waals surface area (Å²) in [4.78, 5) is 20.9. The predicted molar refractivity (Wildman–Crippen MR) is 133 cm³/mol. The fourth-order valence-electron chi connectivity index (χ4n) is 3.62. The van der Waals surface area contributed by atoms with Crippen LogP contribution in [-0.2, 0) is 11.2 Å². The van der Waals surface area contributed by atoms with Crippen molar-refractivity contribution in [1.82, 2.24) is 9.97 Å². The second kappa shape index (κ2) is 9.53. The molecule has 0 amide bonds. The van der Waals surface area contributed by atoms with Crippen LogP contribution in [0, 0.1) is 5.92 Å². The highest BCUT2D eigenvalue weighted by atomic mass is 35.5. The van der Waals surface area contributed by atoms with Gasteiger partial charge in [0.15, 0.2) is 5.13 Å². The molecule has 0 aliphatic heterocycles. The standard InChI is InChI=1S/C24H23Cl2N3O2S/c1-13(2)22-21(16-4-5-18(25)19(26)11-16)29-24(32-22)28-12-17(23(30)31)10-14-3-6-20-15(9-14)7-8-27-20/h3-9,11,13,17,27H,10,12H2,1-2H3,(H,28,29)(H,30,31). The molecular weight excluding hydrogens is 465 g/mol. The van der Waals surface area contributed by atoms with E-state index >= 15 is 0 Å². The largest absolute Gasteiger partial charge is 0.481 e. The molecule has 4 aromatic rings. The summed E-state index contributed by atoms with van der Waals surface area (Å²) in [7, 11) is 0. The van der Waals surface area contributed by atoms with Crippen LogP contribution in [0.3, 0.4) is 0 Å². The van der Waals surface area contributed by atoms with Gasteiger partial charge < -0.3 is 15.4 Å². The molecule has 0 fully saturated rings. The lowest BCUT2D eigenvalue weighted by atomic mass is 9.98. The normalized spacial score (nSPS) is 12.4. The van der Waals surface area contributed by atoms with E-state index in [1.54, 1.807) is 17.4 Å². The minimum absolute atomic E-state index is 0.260. The van der Waals surface area contributed by atoms with Gasteiger partial charge in [-0.25, -0.2) is 4.98 Å². The third kappa shape index (κ3) is 4.93. The molecule has 0 bridgehead atoms. The fourth-order valence-corrected chi connectivity index (χ4v) is 4.92. The Morgan fingerprint density at radius 1 is 1.16 bits per heavy atom. The zero-order valence-corrected chi connectivity index (χ0v) is 20.0. The van der Waals surface area contributed by atoms with Crippen LogP contribution < -0.4 is 5.32 Å². The average molecular weight is 488 g/mol. The predicted octanol–water partition coefficient (Wildman–Crippen LogP) is 7.08. The monoisotopic (exact) mass is 487 g/mol. The third-order valence-corrected chi connectivity index (χ3v) is 7.37. The Morgan fingerprint density at radius 3 is 2.69 bits per heavy atom. The first-order chi connectivity index (χ1) is 15.3. The molecule has 0 spiro atoms. The Hall–Kier alpha value is -2.54. The molecule has 4 rings (SSSR count). The highest BCUT2D eigenvalue weighted by molar-refractivity contribution is 7.16. The van der Waals surface area contributed by atoms with Crippen molar-refractivity contribution in [3.8, 4) is 11.3 Å². The number of nitrogens with one attached hydrogen (secondary N) is 2. The van der Waals surface area contributed by atoms with Gasteiger partial charge in [-0.1, -0.05) is 49.2 Å². The van der Waals surface area contributed by atoms with Gasteiger partial charge in [0.25, 0.3) is 0 Å². The van der Waals surface area contributed by atoms with Crippen LogP contribution in [0.15, 0.2) is 48.7 Å². The first kappa shape index (κ1) is 22.6. The summed E-state index contributed by atoms with van der Waals surface area (Å²) >= 11 is 13.8. The first-order valence-corrected chi connectivity index (χ1v) is 11.9. The van der Waals surface area contributed by atoms with E-state index in [0.29, 0.717) is 21.6 Å². The fraction of sp³-hybridized carbons (Fsp3) is 0.250. The molecule has 2 aromatic heterocycles. The van der Waals surface area contributed by atoms with Crippen molar-refractivity contribution in [2.24, 2.45) is 5.92 Å². The number of carboxylic acids is 1. The molecule has 0 aliphatic rings. The summed E-state index contributed by atoms with van der Waals surface area (Å²) in [6.07, 6.45) is 2.32. The SMILES string of the molecule is CC(C)c1sc(NCC(Cc2ccc3[nH]ccc3c2)C(=O)O)nc1-c1ccc(Cl)c(Cl)c1. The summed E-state index contributed by atoms with van der Waals surface area (Å²) in [5, 5.41) is 15.8. The van der Waals surface area contributed by atoms with E-state index in [-0.39, 0.29) is 12.5 Å². The van der Waals surface area contributed by atoms with Crippen LogP contribution in [0.4, 0.5) is 5.13 Å². The molecular formula is C24H23Cl2N3O2S. The minimum Gasteiger partial charge on any atom is -0.481 e. The number of aromatic amines is 1. The molecule has 0 saturated carbocycles. The zero-order valence-electron chi connectivity index (χ0n) is 17.7. The van der Waals surface area contributed by atoms with Crippen LogP contribution in [0.2, 0.25) is 10.0 Å². The van der Waals surface area contributed by atoms with Crippen molar-refractivity contribution in [2.45, 2.75) is 26.2 Å². The van der Waals surface area contributed by atoms with Crippen LogP contribution in [0.5, 0.6) is 0 Å². The lowest BCUT2D eigenvalue weighted by molar-refractivity contribution is -0.141. The molecule has 2 aromatic carbocycles. The maximum Gasteiger partial charge on any atom is 0.308 e. The lowest BCUT2D eigenvalue weighted by Gasteiger charge is -2.13. The molecule has 8 heteroatoms. The number of rotatable bonds is 8. The van der Waals surface area contributed by atoms with Crippen molar-refractivity contribution in [3.63, 3.8) is 0 Å². The van der Waals surface area contributed by atoms with E-state index in [2.05, 4.69) is 24.1 Å². The van der Waals surface area contributed by atoms with E-state index in [1.165, 1.54) is 0 Å². The van der Waals surface area contributed by atoms with Crippen LogP contribution in [0.25, 0.3) is 22.2 Å². The zero-order chi connectivity index (χ0) is 22.8. The summed E-state index contributed by atoms with van der Waals surface area (Å²) in [6, 6.07) is 13.4. The molecule has 3 N–H and O–H groups in total. The number of thiazole rings is 1. The number of carbonyl (C=O) groups is 1. The van der Waals surface area contributed by atoms with E-state index in [9.17, 15) is 9.90 Å². The number of hydrogen-bond acceptors (Lipinski definition) is 4. The van der Waals surface area contributed by atoms with Gasteiger partial charge in [0.1, 0.15) is 0 Å². The Kier molecular flexibility index (Phi) is 6.74. The van der Waals surface area contributed by atoms with Crippen molar-refractivity contribution < 1.29 is 9.90 Å². The molecule has 0 saturated heterocycles. The lowest BCUT2D eigenvalue weighted by Crippen LogP contribution is -2.25. The number of fused-ring (bicyclic) bond motifs is 1. The highest BCUT2D eigenvalue weighted by Gasteiger charge is 2.21. The van der Waals surface area contributed by atoms with Crippen molar-refractivity contribution in [3.05, 3.63) is 69.1 Å². The van der Waals surface area contributed by atoms with Gasteiger partial charge in [-0.05, 0) is 53.6 Å². The third-order valence-electron chi connectivity index (χ3n) is 5.32. The second-order valence-electron chi connectivity index (χ2n) is 8.03. The molecule has 166 valence electrons. The number of carboxylic acid groups (broad SMARTS) is 1. The molecule has 1 unspecified atom stereocenters. The Labute approximate surface area is 200 Å². The summed E-state index contributed by atoms with van der Waals surface area (Å²) in [6.45, 7) is 4.50. The van der Waals surface area contributed by atoms with Crippen LogP contribution >= 0.6 is 34.5 Å². The molecule has 1 atom stereocenters. The first-order valence-electron chi connectivity index (χ1n) is 10.3. The van der Waals surface area contributed by atoms with E-state index in [4.69, 9.17) is 28.2 Å². The summed E-state index contributed by atoms with van der Waals surface area (Å²) in [5.74, 6) is -1.15. The Bertz CT molecular complexity index is 1270. The van der Waals surface area contributed by atoms with Crippen LogP contribution in [0.1, 0.15) is 30.2 Å². The second-order valence-corrected chi connectivity index (χ2v) is 9.88. The molecule has 5 nitrogen and oxygen atoms in total. The molecule has 0 radical (unpaired) electrons. The van der Waals surface area contributed by atoms with Gasteiger partial charge in [0.2, 0.25) is 0 Å². The van der Waals surface area contributed by atoms with E-state index in [0.717, 1.165) is 32.6 Å². The summed E-state index contributed by atoms with van der Waals surface area (Å²) in [5.41, 5.74) is 3.76. The van der Waals surface area contributed by atoms with Gasteiger partial charge in [-0.3, -0.25) is 4.79 Å². The number of hydrogen-bond donors (Lipinski definition) is 3. The van der Waals surface area contributed by atoms with Gasteiger partial charge >= 0.3 is 5.97 Å². The number of aromatic nitrogens is 2. The number of aliphatic carboxylic acids is 1. The maximum atomic E-state index is 11.9. The highest BCUT2D eigenvalue weighted by Crippen LogP contribution is 2.38. The van der Waals surface area contributed by atoms with E-state index < -0.39 is 11.9 Å². The van der Waals surface area contributed by atoms with Gasteiger partial charge in [0.05, 0.1) is 21.7 Å². The van der Waals surface area contributed by atoms with E-state index in [1.807, 2.05) is 42.6 Å². The number of H-pyrrole nitrogens is 1. The smallest absolute Gasteiger partial charge is 0.308 e. The van der Waals surface area contributed by atoms with Crippen molar-refractivity contribution in [2.75, 3.05) is 11.9 Å². The molecule has 0 aliphatic carbocycles. The number of anilines is 1. The maximum absolute atomic E-state index is 11.9. The van der Waals surface area contributed by atoms with Gasteiger partial charge in [-0.15, -0.1) is 11.3 Å². The molecule has 2 heterocycles. The van der Waals surface area contributed by atoms with Gasteiger partial charge in [0, 0.05) is 28.7 Å². The number of nitrogens with zero attached hydrogens (tertiary/aromatic N) is 1. The number of benzene rings is 2. The Morgan fingerprint density at radius 2 is 1.97 bits per heavy atom. The van der Waals surface area contributed by atoms with Crippen molar-refractivity contribution in [1.29, 1.82) is 0 Å². The number of halogens is 2. The van der Waals surface area contributed by atoms with Crippen LogP contribution in [-0.4, -0.2) is 27.6 Å². The minimum atomic E-state index is -0.836. The van der Waals surface area contributed by atoms with Gasteiger partial charge in [-0.2, -0.15) is 0 Å². The molecule has 32 heavy (non-hydrogen) atoms. The van der Waals surface area contributed by atoms with Crippen molar-refractivity contribution >= 4 is 56.5 Å².